The molecule has 2 amide bonds. The third-order valence-corrected chi connectivity index (χ3v) is 3.15. The molecule has 1 unspecified atom stereocenters. The van der Waals surface area contributed by atoms with Crippen molar-refractivity contribution in [2.24, 2.45) is 0 Å². The number of imide groups is 1. The predicted octanol–water partition coefficient (Wildman–Crippen LogP) is 2.04. The Morgan fingerprint density at radius 3 is 2.83 bits per heavy atom. The minimum Gasteiger partial charge on any atom is -0.372 e. The molecule has 4 nitrogen and oxygen atoms in total. The molecule has 6 heteroatoms. The van der Waals surface area contributed by atoms with Crippen molar-refractivity contribution in [3.63, 3.8) is 0 Å². The van der Waals surface area contributed by atoms with Crippen molar-refractivity contribution in [2.75, 3.05) is 11.9 Å². The second-order valence-corrected chi connectivity index (χ2v) is 4.41. The summed E-state index contributed by atoms with van der Waals surface area (Å²) in [6.07, 6.45) is 0.0690. The van der Waals surface area contributed by atoms with Gasteiger partial charge >= 0.3 is 0 Å². The summed E-state index contributed by atoms with van der Waals surface area (Å²) in [4.78, 5) is 24.6. The number of nitrogens with zero attached hydrogens (tertiary/aromatic N) is 1. The fourth-order valence-electron chi connectivity index (χ4n) is 1.92. The number of likely N-dealkylation sites (N-methyl/N-ethyl adjacent to an activating group) is 1. The first kappa shape index (κ1) is 12.8. The van der Waals surface area contributed by atoms with E-state index in [4.69, 9.17) is 11.6 Å². The molecule has 1 aromatic carbocycles. The molecule has 1 aliphatic rings. The average molecular weight is 271 g/mol. The lowest BCUT2D eigenvalue weighted by atomic mass is 10.2. The molecule has 0 aliphatic carbocycles. The van der Waals surface area contributed by atoms with Crippen LogP contribution >= 0.6 is 11.6 Å². The standard InChI is InChI=1S/C12H12ClFN2O2/c1-2-16-11(17)6-10(12(16)18)15-9-5-7(14)3-4-8(9)13/h3-5,10,15H,2,6H2,1H3. The zero-order valence-electron chi connectivity index (χ0n) is 9.74. The molecule has 0 saturated carbocycles. The molecule has 0 aromatic heterocycles. The van der Waals surface area contributed by atoms with Crippen LogP contribution in [0.5, 0.6) is 0 Å². The van der Waals surface area contributed by atoms with E-state index in [0.717, 1.165) is 0 Å². The van der Waals surface area contributed by atoms with Gasteiger partial charge in [0.05, 0.1) is 17.1 Å². The van der Waals surface area contributed by atoms with Crippen molar-refractivity contribution in [1.29, 1.82) is 0 Å². The molecular weight excluding hydrogens is 259 g/mol. The van der Waals surface area contributed by atoms with E-state index in [1.165, 1.54) is 23.1 Å². The third kappa shape index (κ3) is 2.31. The van der Waals surface area contributed by atoms with Crippen molar-refractivity contribution in [2.45, 2.75) is 19.4 Å². The summed E-state index contributed by atoms with van der Waals surface area (Å²) in [7, 11) is 0. The molecule has 96 valence electrons. The van der Waals surface area contributed by atoms with E-state index in [1.54, 1.807) is 6.92 Å². The van der Waals surface area contributed by atoms with Gasteiger partial charge in [0.25, 0.3) is 5.91 Å². The number of benzene rings is 1. The molecule has 1 atom stereocenters. The first-order chi connectivity index (χ1) is 8.52. The van der Waals surface area contributed by atoms with Crippen LogP contribution in [0, 0.1) is 5.82 Å². The second-order valence-electron chi connectivity index (χ2n) is 4.00. The molecule has 1 saturated heterocycles. The highest BCUT2D eigenvalue weighted by Gasteiger charge is 2.37. The largest absolute Gasteiger partial charge is 0.372 e. The van der Waals surface area contributed by atoms with Crippen LogP contribution in [0.4, 0.5) is 10.1 Å². The lowest BCUT2D eigenvalue weighted by Crippen LogP contribution is -2.34. The van der Waals surface area contributed by atoms with Crippen molar-refractivity contribution in [1.82, 2.24) is 4.90 Å². The van der Waals surface area contributed by atoms with Crippen LogP contribution in [-0.4, -0.2) is 29.3 Å². The molecule has 18 heavy (non-hydrogen) atoms. The molecule has 2 rings (SSSR count). The van der Waals surface area contributed by atoms with E-state index >= 15 is 0 Å². The molecule has 1 fully saturated rings. The van der Waals surface area contributed by atoms with Gasteiger partial charge in [-0.05, 0) is 25.1 Å². The zero-order valence-corrected chi connectivity index (χ0v) is 10.5. The molecule has 0 spiro atoms. The number of hydrogen-bond donors (Lipinski definition) is 1. The topological polar surface area (TPSA) is 49.4 Å². The monoisotopic (exact) mass is 270 g/mol. The minimum atomic E-state index is -0.670. The zero-order chi connectivity index (χ0) is 13.3. The van der Waals surface area contributed by atoms with Crippen LogP contribution in [0.3, 0.4) is 0 Å². The number of carbonyl (C=O) groups is 2. The number of anilines is 1. The van der Waals surface area contributed by atoms with Gasteiger partial charge in [0.1, 0.15) is 11.9 Å². The summed E-state index contributed by atoms with van der Waals surface area (Å²) in [5.74, 6) is -0.985. The second kappa shape index (κ2) is 4.94. The fourth-order valence-corrected chi connectivity index (χ4v) is 2.10. The molecule has 1 heterocycles. The lowest BCUT2D eigenvalue weighted by Gasteiger charge is -2.15. The minimum absolute atomic E-state index is 0.0690. The van der Waals surface area contributed by atoms with Gasteiger partial charge in [-0.2, -0.15) is 0 Å². The molecule has 0 bridgehead atoms. The van der Waals surface area contributed by atoms with E-state index in [9.17, 15) is 14.0 Å². The highest BCUT2D eigenvalue weighted by molar-refractivity contribution is 6.33. The number of carbonyl (C=O) groups excluding carboxylic acids is 2. The Morgan fingerprint density at radius 2 is 2.22 bits per heavy atom. The maximum atomic E-state index is 13.1. The van der Waals surface area contributed by atoms with Crippen molar-refractivity contribution in [3.05, 3.63) is 29.0 Å². The maximum Gasteiger partial charge on any atom is 0.252 e. The molecular formula is C12H12ClFN2O2. The first-order valence-corrected chi connectivity index (χ1v) is 5.96. The van der Waals surface area contributed by atoms with Gasteiger partial charge in [-0.25, -0.2) is 4.39 Å². The summed E-state index contributed by atoms with van der Waals surface area (Å²) in [5.41, 5.74) is 0.320. The van der Waals surface area contributed by atoms with E-state index < -0.39 is 11.9 Å². The highest BCUT2D eigenvalue weighted by Crippen LogP contribution is 2.25. The average Bonchev–Trinajstić information content (AvgIpc) is 2.59. The van der Waals surface area contributed by atoms with Crippen LogP contribution in [0.2, 0.25) is 5.02 Å². The molecule has 0 radical (unpaired) electrons. The van der Waals surface area contributed by atoms with E-state index in [2.05, 4.69) is 5.32 Å². The summed E-state index contributed by atoms with van der Waals surface area (Å²) in [6.45, 7) is 2.07. The Balaban J connectivity index is 2.18. The van der Waals surface area contributed by atoms with E-state index in [-0.39, 0.29) is 18.2 Å². The summed E-state index contributed by atoms with van der Waals surface area (Å²) in [6, 6.07) is 3.16. The van der Waals surface area contributed by atoms with E-state index in [0.29, 0.717) is 17.3 Å². The highest BCUT2D eigenvalue weighted by atomic mass is 35.5. The first-order valence-electron chi connectivity index (χ1n) is 5.58. The van der Waals surface area contributed by atoms with Crippen LogP contribution in [-0.2, 0) is 9.59 Å². The summed E-state index contributed by atoms with van der Waals surface area (Å²) >= 11 is 5.89. The van der Waals surface area contributed by atoms with Crippen LogP contribution in [0.15, 0.2) is 18.2 Å². The van der Waals surface area contributed by atoms with Gasteiger partial charge in [0.2, 0.25) is 5.91 Å². The van der Waals surface area contributed by atoms with Gasteiger partial charge in [0, 0.05) is 6.54 Å². The van der Waals surface area contributed by atoms with Crippen molar-refractivity contribution in [3.8, 4) is 0 Å². The fraction of sp³-hybridized carbons (Fsp3) is 0.333. The Hall–Kier alpha value is -1.62. The van der Waals surface area contributed by atoms with E-state index in [1.807, 2.05) is 0 Å². The smallest absolute Gasteiger partial charge is 0.252 e. The summed E-state index contributed by atoms with van der Waals surface area (Å²) < 4.78 is 13.1. The Kier molecular flexibility index (Phi) is 3.52. The van der Waals surface area contributed by atoms with Gasteiger partial charge in [0.15, 0.2) is 0 Å². The number of nitrogens with one attached hydrogen (secondary N) is 1. The van der Waals surface area contributed by atoms with Gasteiger partial charge in [-0.15, -0.1) is 0 Å². The lowest BCUT2D eigenvalue weighted by molar-refractivity contribution is -0.138. The third-order valence-electron chi connectivity index (χ3n) is 2.82. The van der Waals surface area contributed by atoms with Gasteiger partial charge in [-0.1, -0.05) is 11.6 Å². The maximum absolute atomic E-state index is 13.1. The predicted molar refractivity (Wildman–Crippen MR) is 65.8 cm³/mol. The number of likely N-dealkylation sites (tertiary alicyclic amines) is 1. The normalized spacial score (nSPS) is 19.5. The van der Waals surface area contributed by atoms with Crippen LogP contribution < -0.4 is 5.32 Å². The van der Waals surface area contributed by atoms with Gasteiger partial charge < -0.3 is 5.32 Å². The number of rotatable bonds is 3. The van der Waals surface area contributed by atoms with Crippen LogP contribution in [0.1, 0.15) is 13.3 Å². The Morgan fingerprint density at radius 1 is 1.50 bits per heavy atom. The SMILES string of the molecule is CCN1C(=O)CC(Nc2cc(F)ccc2Cl)C1=O. The molecule has 1 aliphatic heterocycles. The van der Waals surface area contributed by atoms with Crippen LogP contribution in [0.25, 0.3) is 0 Å². The summed E-state index contributed by atoms with van der Waals surface area (Å²) in [5, 5.41) is 3.12. The number of hydrogen-bond acceptors (Lipinski definition) is 3. The number of halogens is 2. The van der Waals surface area contributed by atoms with Gasteiger partial charge in [-0.3, -0.25) is 14.5 Å². The number of amides is 2. The van der Waals surface area contributed by atoms with Crippen molar-refractivity contribution < 1.29 is 14.0 Å². The molecule has 1 N–H and O–H groups in total. The Bertz CT molecular complexity index is 507. The van der Waals surface area contributed by atoms with Crippen molar-refractivity contribution >= 4 is 29.1 Å². The quantitative estimate of drug-likeness (QED) is 0.855. The molecule has 1 aromatic rings. The Labute approximate surface area is 109 Å².